The lowest BCUT2D eigenvalue weighted by Crippen LogP contribution is -2.51. The number of hydrogen-bond acceptors (Lipinski definition) is 6. The normalized spacial score (nSPS) is 20.0. The molecule has 2 aliphatic rings. The molecule has 12 heteroatoms. The largest absolute Gasteiger partial charge is 0.366 e. The van der Waals surface area contributed by atoms with Crippen LogP contribution >= 0.6 is 15.9 Å². The van der Waals surface area contributed by atoms with E-state index in [0.717, 1.165) is 12.8 Å². The minimum atomic E-state index is -3.99. The number of fused-ring (bicyclic) bond motifs is 1. The van der Waals surface area contributed by atoms with Crippen molar-refractivity contribution < 1.29 is 27.2 Å². The quantitative estimate of drug-likeness (QED) is 0.426. The van der Waals surface area contributed by atoms with Crippen LogP contribution in [0, 0.1) is 0 Å². The second-order valence-corrected chi connectivity index (χ2v) is 9.47. The molecule has 1 atom stereocenters. The van der Waals surface area contributed by atoms with Crippen molar-refractivity contribution in [3.8, 4) is 0 Å². The van der Waals surface area contributed by atoms with Gasteiger partial charge in [0.15, 0.2) is 6.29 Å². The van der Waals surface area contributed by atoms with Crippen LogP contribution in [0.5, 0.6) is 0 Å². The Hall–Kier alpha value is -1.86. The van der Waals surface area contributed by atoms with Gasteiger partial charge in [-0.2, -0.15) is 10.3 Å². The number of aldehydes is 1. The van der Waals surface area contributed by atoms with Gasteiger partial charge in [-0.25, -0.2) is 8.42 Å². The number of carbonyl (C=O) groups excluding carboxylic acids is 2. The van der Waals surface area contributed by atoms with Gasteiger partial charge in [0.05, 0.1) is 12.3 Å². The molecule has 2 aromatic rings. The van der Waals surface area contributed by atoms with Crippen LogP contribution in [0.3, 0.4) is 0 Å². The number of benzene rings is 1. The predicted octanol–water partition coefficient (Wildman–Crippen LogP) is 1.24. The van der Waals surface area contributed by atoms with Crippen molar-refractivity contribution in [2.45, 2.75) is 29.9 Å². The number of rotatable bonds is 5. The van der Waals surface area contributed by atoms with Gasteiger partial charge < -0.3 is 15.0 Å². The zero-order valence-corrected chi connectivity index (χ0v) is 17.6. The number of H-pyrrole nitrogens is 1. The highest BCUT2D eigenvalue weighted by atomic mass is 79.9. The van der Waals surface area contributed by atoms with Crippen LogP contribution in [-0.4, -0.2) is 61.7 Å². The molecule has 0 bridgehead atoms. The van der Waals surface area contributed by atoms with Crippen molar-refractivity contribution >= 4 is 49.0 Å². The van der Waals surface area contributed by atoms with Gasteiger partial charge in [0.2, 0.25) is 10.0 Å². The number of ether oxygens (including phenoxy) is 1. The maximum Gasteiger partial charge on any atom is 0.250 e. The van der Waals surface area contributed by atoms with Crippen molar-refractivity contribution in [3.05, 3.63) is 28.4 Å². The van der Waals surface area contributed by atoms with Gasteiger partial charge in [-0.3, -0.25) is 9.59 Å². The van der Waals surface area contributed by atoms with Gasteiger partial charge in [0.1, 0.15) is 11.0 Å². The summed E-state index contributed by atoms with van der Waals surface area (Å²) in [5.41, 5.74) is 0.545. The van der Waals surface area contributed by atoms with Crippen molar-refractivity contribution in [2.24, 2.45) is 5.96 Å². The molecule has 4 rings (SSSR count). The van der Waals surface area contributed by atoms with E-state index in [0.29, 0.717) is 21.7 Å². The second kappa shape index (κ2) is 8.88. The lowest BCUT2D eigenvalue weighted by molar-refractivity contribution is -0.136. The van der Waals surface area contributed by atoms with Gasteiger partial charge in [-0.05, 0) is 31.0 Å². The minimum Gasteiger partial charge on any atom is -0.366 e. The number of hydrogen-bond donors (Lipinski definition) is 3. The van der Waals surface area contributed by atoms with E-state index in [9.17, 15) is 18.0 Å². The number of morpholine rings is 1. The molecule has 1 amide bonds. The third-order valence-electron chi connectivity index (χ3n) is 4.70. The molecule has 1 unspecified atom stereocenters. The molecule has 1 saturated carbocycles. The summed E-state index contributed by atoms with van der Waals surface area (Å²) in [6.45, 7) is 0.152. The monoisotopic (exact) mass is 490 g/mol. The summed E-state index contributed by atoms with van der Waals surface area (Å²) in [6.07, 6.45) is 1.52. The van der Waals surface area contributed by atoms with Crippen LogP contribution in [0.1, 0.15) is 23.3 Å². The fourth-order valence-electron chi connectivity index (χ4n) is 3.17. The third-order valence-corrected chi connectivity index (χ3v) is 7.16. The zero-order valence-electron chi connectivity index (χ0n) is 15.2. The molecular weight excluding hydrogens is 471 g/mol. The average Bonchev–Trinajstić information content (AvgIpc) is 3.46. The van der Waals surface area contributed by atoms with E-state index in [4.69, 9.17) is 9.22 Å². The van der Waals surface area contributed by atoms with Gasteiger partial charge in [0, 0.05) is 34.5 Å². The molecule has 1 aromatic heterocycles. The van der Waals surface area contributed by atoms with Gasteiger partial charge in [0.25, 0.3) is 5.91 Å². The number of nitrogens with two attached hydrogens (primary N) is 1. The number of sulfonamides is 1. The van der Waals surface area contributed by atoms with E-state index in [1.165, 1.54) is 4.31 Å². The zero-order chi connectivity index (χ0) is 21.2. The molecular formula is C17H20BrFN4O5S. The number of aromatic amines is 1. The lowest BCUT2D eigenvalue weighted by atomic mass is 10.2. The molecule has 1 aromatic carbocycles. The van der Waals surface area contributed by atoms with Crippen LogP contribution in [0.4, 0.5) is 4.48 Å². The van der Waals surface area contributed by atoms with E-state index in [-0.39, 0.29) is 42.2 Å². The summed E-state index contributed by atoms with van der Waals surface area (Å²) < 4.78 is 43.0. The average molecular weight is 491 g/mol. The Morgan fingerprint density at radius 3 is 2.76 bits per heavy atom. The Morgan fingerprint density at radius 1 is 1.38 bits per heavy atom. The smallest absolute Gasteiger partial charge is 0.250 e. The predicted molar refractivity (Wildman–Crippen MR) is 106 cm³/mol. The first-order chi connectivity index (χ1) is 13.9. The summed E-state index contributed by atoms with van der Waals surface area (Å²) in [7, 11) is -3.99. The molecule has 29 heavy (non-hydrogen) atoms. The number of aromatic nitrogens is 1. The second-order valence-electron chi connectivity index (χ2n) is 6.68. The van der Waals surface area contributed by atoms with Crippen LogP contribution in [-0.2, 0) is 19.6 Å². The molecule has 0 spiro atoms. The number of nitrogens with one attached hydrogen (secondary N) is 2. The van der Waals surface area contributed by atoms with Crippen LogP contribution in [0.25, 0.3) is 10.9 Å². The molecule has 0 radical (unpaired) electrons. The first kappa shape index (κ1) is 21.8. The molecule has 1 saturated heterocycles. The minimum absolute atomic E-state index is 0.00595. The summed E-state index contributed by atoms with van der Waals surface area (Å²) in [5, 5.41) is 3.26. The topological polar surface area (TPSA) is 135 Å². The molecule has 2 fully saturated rings. The lowest BCUT2D eigenvalue weighted by Gasteiger charge is -2.31. The SMILES string of the molecule is NF.O=Cc1[nH]c2ccc(Br)cc2c1S(=O)(=O)N1CCOC(C(=O)NC2CC2)C1. The van der Waals surface area contributed by atoms with Crippen molar-refractivity contribution in [2.75, 3.05) is 19.7 Å². The van der Waals surface area contributed by atoms with Crippen molar-refractivity contribution in [3.63, 3.8) is 0 Å². The van der Waals surface area contributed by atoms with Crippen LogP contribution in [0.2, 0.25) is 0 Å². The number of halogens is 2. The number of amides is 1. The molecule has 4 N–H and O–H groups in total. The van der Waals surface area contributed by atoms with Crippen molar-refractivity contribution in [1.29, 1.82) is 0 Å². The highest BCUT2D eigenvalue weighted by Crippen LogP contribution is 2.31. The highest BCUT2D eigenvalue weighted by Gasteiger charge is 2.38. The Morgan fingerprint density at radius 2 is 2.10 bits per heavy atom. The van der Waals surface area contributed by atoms with E-state index in [1.807, 2.05) is 0 Å². The van der Waals surface area contributed by atoms with E-state index in [1.54, 1.807) is 18.2 Å². The van der Waals surface area contributed by atoms with Crippen LogP contribution in [0.15, 0.2) is 27.6 Å². The molecule has 1 aliphatic carbocycles. The first-order valence-electron chi connectivity index (χ1n) is 8.80. The molecule has 1 aliphatic heterocycles. The fraction of sp³-hybridized carbons (Fsp3) is 0.412. The summed E-state index contributed by atoms with van der Waals surface area (Å²) in [4.78, 5) is 26.5. The first-order valence-corrected chi connectivity index (χ1v) is 11.0. The maximum atomic E-state index is 13.3. The summed E-state index contributed by atoms with van der Waals surface area (Å²) in [5.74, 6) is 2.70. The van der Waals surface area contributed by atoms with E-state index < -0.39 is 16.1 Å². The van der Waals surface area contributed by atoms with Crippen LogP contribution < -0.4 is 11.3 Å². The Kier molecular flexibility index (Phi) is 6.69. The molecule has 158 valence electrons. The van der Waals surface area contributed by atoms with E-state index in [2.05, 4.69) is 32.2 Å². The van der Waals surface area contributed by atoms with Gasteiger partial charge in [-0.1, -0.05) is 15.9 Å². The van der Waals surface area contributed by atoms with E-state index >= 15 is 0 Å². The standard InChI is InChI=1S/C17H18BrN3O5S.FH2N/c18-10-1-4-13-12(7-10)16(14(9-22)20-13)27(24,25)21-5-6-26-15(8-21)17(23)19-11-2-3-11;1-2/h1,4,7,9,11,15,20H,2-3,5-6,8H2,(H,19,23);2H2. The van der Waals surface area contributed by atoms with Gasteiger partial charge in [-0.15, -0.1) is 4.48 Å². The molecule has 9 nitrogen and oxygen atoms in total. The number of carbonyl (C=O) groups is 2. The summed E-state index contributed by atoms with van der Waals surface area (Å²) in [6, 6.07) is 5.29. The Labute approximate surface area is 174 Å². The Bertz CT molecular complexity index is 1020. The number of nitrogens with zero attached hydrogens (tertiary/aromatic N) is 1. The Balaban J connectivity index is 0.00000117. The molecule has 2 heterocycles. The van der Waals surface area contributed by atoms with Gasteiger partial charge >= 0.3 is 0 Å². The fourth-order valence-corrected chi connectivity index (χ4v) is 5.26. The van der Waals surface area contributed by atoms with Crippen molar-refractivity contribution in [1.82, 2.24) is 14.6 Å². The maximum absolute atomic E-state index is 13.3. The third kappa shape index (κ3) is 4.51. The highest BCUT2D eigenvalue weighted by molar-refractivity contribution is 9.10. The summed E-state index contributed by atoms with van der Waals surface area (Å²) >= 11 is 3.33.